The fraction of sp³-hybridized carbons (Fsp3) is 0.357. The molecule has 2 aromatic heterocycles. The Morgan fingerprint density at radius 2 is 1.84 bits per heavy atom. The summed E-state index contributed by atoms with van der Waals surface area (Å²) in [5.41, 5.74) is 4.11. The lowest BCUT2D eigenvalue weighted by Crippen LogP contribution is -2.30. The third kappa shape index (κ3) is 5.82. The second kappa shape index (κ2) is 11.8. The van der Waals surface area contributed by atoms with E-state index < -0.39 is 15.1 Å². The maximum Gasteiger partial charge on any atom is 0.229 e. The number of carbonyl (C=O) groups excluding carboxylic acids is 1. The van der Waals surface area contributed by atoms with E-state index in [1.165, 1.54) is 10.4 Å². The summed E-state index contributed by atoms with van der Waals surface area (Å²) >= 11 is 3.32. The molecule has 1 amide bonds. The minimum atomic E-state index is -3.34. The van der Waals surface area contributed by atoms with Crippen molar-refractivity contribution in [1.29, 1.82) is 0 Å². The number of rotatable bonds is 8. The van der Waals surface area contributed by atoms with E-state index in [1.807, 2.05) is 18.2 Å². The molecule has 0 saturated carbocycles. The van der Waals surface area contributed by atoms with Gasteiger partial charge in [0.15, 0.2) is 9.84 Å². The third-order valence-corrected chi connectivity index (χ3v) is 11.0. The smallest absolute Gasteiger partial charge is 0.229 e. The van der Waals surface area contributed by atoms with Gasteiger partial charge < -0.3 is 5.32 Å². The number of nitrogens with zero attached hydrogens (tertiary/aromatic N) is 2. The van der Waals surface area contributed by atoms with Crippen LogP contribution in [-0.2, 0) is 34.0 Å². The van der Waals surface area contributed by atoms with Gasteiger partial charge in [-0.25, -0.2) is 13.4 Å². The number of para-hydroxylation sites is 1. The van der Waals surface area contributed by atoms with Crippen LogP contribution >= 0.6 is 35.1 Å². The normalized spacial score (nSPS) is 13.9. The van der Waals surface area contributed by atoms with Gasteiger partial charge in [-0.3, -0.25) is 9.69 Å². The van der Waals surface area contributed by atoms with Crippen molar-refractivity contribution in [1.82, 2.24) is 9.88 Å². The van der Waals surface area contributed by atoms with E-state index >= 15 is 0 Å². The fourth-order valence-electron chi connectivity index (χ4n) is 4.68. The molecule has 0 spiro atoms. The van der Waals surface area contributed by atoms with Gasteiger partial charge in [0.1, 0.15) is 10.0 Å². The number of nitrogens with one attached hydrogen (secondary N) is 1. The quantitative estimate of drug-likeness (QED) is 0.251. The second-order valence-corrected chi connectivity index (χ2v) is 14.3. The van der Waals surface area contributed by atoms with Crippen LogP contribution in [0.3, 0.4) is 0 Å². The van der Waals surface area contributed by atoms with Crippen LogP contribution in [-0.4, -0.2) is 42.5 Å². The number of hydrogen-bond donors (Lipinski definition) is 1. The minimum absolute atomic E-state index is 0. The predicted molar refractivity (Wildman–Crippen MR) is 161 cm³/mol. The van der Waals surface area contributed by atoms with Crippen molar-refractivity contribution in [2.75, 3.05) is 18.4 Å². The van der Waals surface area contributed by atoms with Crippen molar-refractivity contribution >= 4 is 66.0 Å². The Labute approximate surface area is 238 Å². The van der Waals surface area contributed by atoms with Crippen LogP contribution in [0.15, 0.2) is 53.4 Å². The Hall–Kier alpha value is -2.30. The van der Waals surface area contributed by atoms with E-state index in [-0.39, 0.29) is 29.6 Å². The van der Waals surface area contributed by atoms with Crippen LogP contribution in [0, 0.1) is 0 Å². The molecule has 3 heterocycles. The summed E-state index contributed by atoms with van der Waals surface area (Å²) in [5, 5.41) is 4.49. The number of amides is 1. The van der Waals surface area contributed by atoms with Gasteiger partial charge in [0.2, 0.25) is 5.91 Å². The molecule has 0 unspecified atom stereocenters. The molecule has 0 atom stereocenters. The molecule has 1 N–H and O–H groups in total. The summed E-state index contributed by atoms with van der Waals surface area (Å²) in [6.07, 6.45) is 2.23. The molecule has 6 nitrogen and oxygen atoms in total. The van der Waals surface area contributed by atoms with Gasteiger partial charge >= 0.3 is 0 Å². The predicted octanol–water partition coefficient (Wildman–Crippen LogP) is 6.58. The van der Waals surface area contributed by atoms with Gasteiger partial charge in [-0.15, -0.1) is 35.1 Å². The number of thiophene rings is 1. The standard InChI is InChI=1S/C28H31N3O3S3.ClH/c1-4-14-31-15-13-21-24(17-31)36-28(26(21)27-29-22-7-5-6-8-23(22)35-27)30-25(32)16-19-9-11-20(12-10-19)37(33,34)18(2)3;/h5-12,18H,4,13-17H2,1-3H3,(H,30,32);1H. The number of carbonyl (C=O) groups is 1. The summed E-state index contributed by atoms with van der Waals surface area (Å²) in [4.78, 5) is 22.1. The summed E-state index contributed by atoms with van der Waals surface area (Å²) in [6.45, 7) is 8.51. The largest absolute Gasteiger partial charge is 0.317 e. The highest BCUT2D eigenvalue weighted by atomic mass is 35.5. The average Bonchev–Trinajstić information content (AvgIpc) is 3.44. The van der Waals surface area contributed by atoms with Crippen LogP contribution in [0.25, 0.3) is 20.8 Å². The second-order valence-electron chi connectivity index (χ2n) is 9.68. The number of thiazole rings is 1. The zero-order valence-electron chi connectivity index (χ0n) is 21.7. The molecule has 1 aliphatic rings. The summed E-state index contributed by atoms with van der Waals surface area (Å²) in [7, 11) is -3.34. The number of sulfone groups is 1. The highest BCUT2D eigenvalue weighted by Crippen LogP contribution is 2.45. The molecule has 1 aliphatic heterocycles. The van der Waals surface area contributed by atoms with Crippen LogP contribution < -0.4 is 5.32 Å². The molecule has 0 bridgehead atoms. The number of halogens is 1. The number of hydrogen-bond acceptors (Lipinski definition) is 7. The number of anilines is 1. The van der Waals surface area contributed by atoms with Gasteiger partial charge in [0.25, 0.3) is 0 Å². The molecular formula is C28H32ClN3O3S3. The Kier molecular flexibility index (Phi) is 8.94. The molecule has 38 heavy (non-hydrogen) atoms. The van der Waals surface area contributed by atoms with Crippen molar-refractivity contribution < 1.29 is 13.2 Å². The molecule has 0 aliphatic carbocycles. The molecule has 10 heteroatoms. The monoisotopic (exact) mass is 589 g/mol. The number of fused-ring (bicyclic) bond motifs is 2. The van der Waals surface area contributed by atoms with Crippen LogP contribution in [0.1, 0.15) is 43.2 Å². The van der Waals surface area contributed by atoms with E-state index in [2.05, 4.69) is 23.2 Å². The minimum Gasteiger partial charge on any atom is -0.317 e. The highest BCUT2D eigenvalue weighted by molar-refractivity contribution is 7.92. The zero-order chi connectivity index (χ0) is 26.2. The van der Waals surface area contributed by atoms with Crippen LogP contribution in [0.4, 0.5) is 5.00 Å². The van der Waals surface area contributed by atoms with Crippen molar-refractivity contribution in [3.05, 3.63) is 64.5 Å². The zero-order valence-corrected chi connectivity index (χ0v) is 25.0. The third-order valence-electron chi connectivity index (χ3n) is 6.67. The first kappa shape index (κ1) is 28.7. The SMILES string of the molecule is CCCN1CCc2c(sc(NC(=O)Cc3ccc(S(=O)(=O)C(C)C)cc3)c2-c2nc3ccccc3s2)C1.Cl. The average molecular weight is 590 g/mol. The maximum atomic E-state index is 13.2. The Bertz CT molecular complexity index is 1510. The summed E-state index contributed by atoms with van der Waals surface area (Å²) in [5.74, 6) is -0.120. The highest BCUT2D eigenvalue weighted by Gasteiger charge is 2.27. The number of benzene rings is 2. The van der Waals surface area contributed by atoms with Crippen LogP contribution in [0.5, 0.6) is 0 Å². The molecule has 202 valence electrons. The molecule has 0 fully saturated rings. The lowest BCUT2D eigenvalue weighted by Gasteiger charge is -2.26. The first-order valence-electron chi connectivity index (χ1n) is 12.6. The molecule has 0 radical (unpaired) electrons. The maximum absolute atomic E-state index is 13.2. The molecule has 0 saturated heterocycles. The van der Waals surface area contributed by atoms with Crippen LogP contribution in [0.2, 0.25) is 0 Å². The Morgan fingerprint density at radius 1 is 1.11 bits per heavy atom. The van der Waals surface area contributed by atoms with E-state index in [1.54, 1.807) is 60.8 Å². The van der Waals surface area contributed by atoms with Gasteiger partial charge in [-0.05, 0) is 68.6 Å². The van der Waals surface area contributed by atoms with Crippen molar-refractivity contribution in [2.45, 2.75) is 56.7 Å². The van der Waals surface area contributed by atoms with Gasteiger partial charge in [0, 0.05) is 23.5 Å². The van der Waals surface area contributed by atoms with Gasteiger partial charge in [-0.1, -0.05) is 31.2 Å². The Morgan fingerprint density at radius 3 is 2.53 bits per heavy atom. The van der Waals surface area contributed by atoms with E-state index in [0.29, 0.717) is 0 Å². The summed E-state index contributed by atoms with van der Waals surface area (Å²) < 4.78 is 26.0. The molecule has 4 aromatic rings. The van der Waals surface area contributed by atoms with Crippen molar-refractivity contribution in [2.24, 2.45) is 0 Å². The van der Waals surface area contributed by atoms with Crippen molar-refractivity contribution in [3.63, 3.8) is 0 Å². The first-order valence-corrected chi connectivity index (χ1v) is 15.8. The Balaban J connectivity index is 0.00000336. The van der Waals surface area contributed by atoms with E-state index in [4.69, 9.17) is 4.98 Å². The van der Waals surface area contributed by atoms with Gasteiger partial charge in [-0.2, -0.15) is 0 Å². The van der Waals surface area contributed by atoms with E-state index in [9.17, 15) is 13.2 Å². The fourth-order valence-corrected chi connectivity index (χ4v) is 8.16. The summed E-state index contributed by atoms with van der Waals surface area (Å²) in [6, 6.07) is 14.8. The first-order chi connectivity index (χ1) is 17.8. The number of aromatic nitrogens is 1. The molecule has 2 aromatic carbocycles. The lowest BCUT2D eigenvalue weighted by atomic mass is 10.0. The van der Waals surface area contributed by atoms with E-state index in [0.717, 1.165) is 63.8 Å². The lowest BCUT2D eigenvalue weighted by molar-refractivity contribution is -0.115. The molecule has 5 rings (SSSR count). The topological polar surface area (TPSA) is 79.4 Å². The molecular weight excluding hydrogens is 558 g/mol. The van der Waals surface area contributed by atoms with Crippen molar-refractivity contribution in [3.8, 4) is 10.6 Å². The van der Waals surface area contributed by atoms with Gasteiger partial charge in [0.05, 0.1) is 26.8 Å².